The zero-order chi connectivity index (χ0) is 23.1. The molecule has 9 nitrogen and oxygen atoms in total. The van der Waals surface area contributed by atoms with Crippen LogP contribution in [0.5, 0.6) is 0 Å². The highest BCUT2D eigenvalue weighted by atomic mass is 32.2. The fourth-order valence-electron chi connectivity index (χ4n) is 3.09. The van der Waals surface area contributed by atoms with Crippen molar-refractivity contribution in [2.75, 3.05) is 18.5 Å². The van der Waals surface area contributed by atoms with Gasteiger partial charge in [-0.1, -0.05) is 18.2 Å². The molecule has 168 valence electrons. The van der Waals surface area contributed by atoms with Gasteiger partial charge >= 0.3 is 5.97 Å². The number of para-hydroxylation sites is 1. The Kier molecular flexibility index (Phi) is 7.58. The Balaban J connectivity index is 1.63. The van der Waals surface area contributed by atoms with Crippen LogP contribution < -0.4 is 10.0 Å². The summed E-state index contributed by atoms with van der Waals surface area (Å²) in [5.74, 6) is -1.47. The molecule has 0 aromatic heterocycles. The van der Waals surface area contributed by atoms with Crippen LogP contribution in [0.2, 0.25) is 0 Å². The molecular weight excluding hydrogens is 434 g/mol. The van der Waals surface area contributed by atoms with Crippen molar-refractivity contribution in [3.05, 3.63) is 59.7 Å². The maximum absolute atomic E-state index is 12.5. The first-order chi connectivity index (χ1) is 15.3. The first kappa shape index (κ1) is 23.4. The molecule has 2 aromatic rings. The van der Waals surface area contributed by atoms with Crippen molar-refractivity contribution in [3.63, 3.8) is 0 Å². The van der Waals surface area contributed by atoms with E-state index in [0.717, 1.165) is 12.8 Å². The van der Waals surface area contributed by atoms with Gasteiger partial charge in [0.15, 0.2) is 6.10 Å². The molecule has 2 unspecified atom stereocenters. The van der Waals surface area contributed by atoms with Gasteiger partial charge in [0.25, 0.3) is 5.91 Å². The van der Waals surface area contributed by atoms with Gasteiger partial charge in [-0.3, -0.25) is 4.79 Å². The topological polar surface area (TPSA) is 135 Å². The van der Waals surface area contributed by atoms with Gasteiger partial charge < -0.3 is 14.8 Å². The van der Waals surface area contributed by atoms with Gasteiger partial charge in [-0.15, -0.1) is 0 Å². The van der Waals surface area contributed by atoms with Crippen molar-refractivity contribution < 1.29 is 27.5 Å². The average molecular weight is 458 g/mol. The molecule has 0 spiro atoms. The van der Waals surface area contributed by atoms with Gasteiger partial charge in [0.05, 0.1) is 27.8 Å². The summed E-state index contributed by atoms with van der Waals surface area (Å²) in [5, 5.41) is 11.6. The van der Waals surface area contributed by atoms with Gasteiger partial charge in [0.2, 0.25) is 10.0 Å². The fourth-order valence-corrected chi connectivity index (χ4v) is 4.20. The fraction of sp³-hybridized carbons (Fsp3) is 0.318. The lowest BCUT2D eigenvalue weighted by atomic mass is 10.2. The summed E-state index contributed by atoms with van der Waals surface area (Å²) < 4.78 is 38.2. The predicted molar refractivity (Wildman–Crippen MR) is 115 cm³/mol. The van der Waals surface area contributed by atoms with Crippen molar-refractivity contribution in [2.45, 2.75) is 36.9 Å². The summed E-state index contributed by atoms with van der Waals surface area (Å²) in [7, 11) is -3.84. The molecule has 1 aliphatic heterocycles. The molecule has 2 aromatic carbocycles. The Hall–Kier alpha value is -3.26. The number of amides is 1. The number of hydrogen-bond acceptors (Lipinski definition) is 7. The number of nitrogens with one attached hydrogen (secondary N) is 2. The highest BCUT2D eigenvalue weighted by Gasteiger charge is 2.23. The molecule has 10 heteroatoms. The molecule has 0 saturated carbocycles. The Morgan fingerprint density at radius 2 is 2.03 bits per heavy atom. The number of anilines is 1. The van der Waals surface area contributed by atoms with E-state index < -0.39 is 28.0 Å². The van der Waals surface area contributed by atoms with Crippen molar-refractivity contribution in [1.82, 2.24) is 4.72 Å². The Morgan fingerprint density at radius 1 is 1.25 bits per heavy atom. The van der Waals surface area contributed by atoms with Crippen molar-refractivity contribution in [2.24, 2.45) is 0 Å². The summed E-state index contributed by atoms with van der Waals surface area (Å²) in [6.45, 7) is 2.14. The standard InChI is InChI=1S/C22H23N3O6S/c1-15(21(26)25-20-10-3-2-6-17(20)13-23)31-22(27)16-7-4-9-19(12-16)32(28,29)24-14-18-8-5-11-30-18/h2-4,6-7,9-10,12,15,18,24H,5,8,11,14H2,1H3,(H,25,26). The number of nitrogens with zero attached hydrogens (tertiary/aromatic N) is 1. The van der Waals surface area contributed by atoms with Crippen LogP contribution in [0.1, 0.15) is 35.7 Å². The molecule has 1 fully saturated rings. The number of esters is 1. The summed E-state index contributed by atoms with van der Waals surface area (Å²) in [4.78, 5) is 24.8. The molecule has 32 heavy (non-hydrogen) atoms. The van der Waals surface area contributed by atoms with Gasteiger partial charge in [-0.25, -0.2) is 17.9 Å². The third kappa shape index (κ3) is 5.91. The molecule has 1 saturated heterocycles. The Morgan fingerprint density at radius 3 is 2.75 bits per heavy atom. The van der Waals surface area contributed by atoms with E-state index in [4.69, 9.17) is 14.7 Å². The van der Waals surface area contributed by atoms with E-state index in [0.29, 0.717) is 12.3 Å². The third-order valence-electron chi connectivity index (χ3n) is 4.86. The minimum Gasteiger partial charge on any atom is -0.449 e. The molecule has 3 rings (SSSR count). The lowest BCUT2D eigenvalue weighted by molar-refractivity contribution is -0.123. The van der Waals surface area contributed by atoms with E-state index in [1.54, 1.807) is 24.3 Å². The van der Waals surface area contributed by atoms with Gasteiger partial charge in [0.1, 0.15) is 6.07 Å². The SMILES string of the molecule is CC(OC(=O)c1cccc(S(=O)(=O)NCC2CCCO2)c1)C(=O)Nc1ccccc1C#N. The maximum atomic E-state index is 12.5. The van der Waals surface area contributed by atoms with Crippen LogP contribution >= 0.6 is 0 Å². The third-order valence-corrected chi connectivity index (χ3v) is 6.28. The van der Waals surface area contributed by atoms with Crippen LogP contribution in [0.25, 0.3) is 0 Å². The number of ether oxygens (including phenoxy) is 2. The monoisotopic (exact) mass is 457 g/mol. The molecule has 2 N–H and O–H groups in total. The molecule has 0 aliphatic carbocycles. The second-order valence-corrected chi connectivity index (χ2v) is 8.98. The van der Waals surface area contributed by atoms with E-state index in [2.05, 4.69) is 10.0 Å². The van der Waals surface area contributed by atoms with Crippen molar-refractivity contribution in [3.8, 4) is 6.07 Å². The lowest BCUT2D eigenvalue weighted by Gasteiger charge is -2.15. The number of benzene rings is 2. The highest BCUT2D eigenvalue weighted by molar-refractivity contribution is 7.89. The average Bonchev–Trinajstić information content (AvgIpc) is 3.32. The second kappa shape index (κ2) is 10.4. The van der Waals surface area contributed by atoms with Crippen molar-refractivity contribution in [1.29, 1.82) is 5.26 Å². The zero-order valence-corrected chi connectivity index (χ0v) is 18.2. The minimum absolute atomic E-state index is 0.0120. The smallest absolute Gasteiger partial charge is 0.338 e. The highest BCUT2D eigenvalue weighted by Crippen LogP contribution is 2.17. The predicted octanol–water partition coefficient (Wildman–Crippen LogP) is 2.20. The number of nitriles is 1. The van der Waals surface area contributed by atoms with Crippen LogP contribution in [0.4, 0.5) is 5.69 Å². The first-order valence-electron chi connectivity index (χ1n) is 10.0. The summed E-state index contributed by atoms with van der Waals surface area (Å²) >= 11 is 0. The number of rotatable bonds is 8. The first-order valence-corrected chi connectivity index (χ1v) is 11.5. The minimum atomic E-state index is -3.84. The summed E-state index contributed by atoms with van der Waals surface area (Å²) in [5.41, 5.74) is 0.558. The quantitative estimate of drug-likeness (QED) is 0.580. The van der Waals surface area contributed by atoms with Crippen LogP contribution in [0.3, 0.4) is 0 Å². The van der Waals surface area contributed by atoms with Crippen LogP contribution in [0, 0.1) is 11.3 Å². The molecule has 1 heterocycles. The number of carbonyl (C=O) groups excluding carboxylic acids is 2. The van der Waals surface area contributed by atoms with E-state index in [1.165, 1.54) is 31.2 Å². The number of sulfonamides is 1. The normalized spacial score (nSPS) is 16.7. The number of hydrogen-bond donors (Lipinski definition) is 2. The maximum Gasteiger partial charge on any atom is 0.338 e. The van der Waals surface area contributed by atoms with Crippen LogP contribution in [-0.2, 0) is 24.3 Å². The number of carbonyl (C=O) groups is 2. The zero-order valence-electron chi connectivity index (χ0n) is 17.4. The summed E-state index contributed by atoms with van der Waals surface area (Å²) in [6.07, 6.45) is 0.338. The largest absolute Gasteiger partial charge is 0.449 e. The molecular formula is C22H23N3O6S. The van der Waals surface area contributed by atoms with E-state index in [-0.39, 0.29) is 28.7 Å². The molecule has 0 radical (unpaired) electrons. The van der Waals surface area contributed by atoms with Gasteiger partial charge in [-0.05, 0) is 50.1 Å². The summed E-state index contributed by atoms with van der Waals surface area (Å²) in [6, 6.07) is 13.8. The molecule has 1 aliphatic rings. The van der Waals surface area contributed by atoms with Crippen LogP contribution in [-0.4, -0.2) is 45.7 Å². The van der Waals surface area contributed by atoms with Crippen molar-refractivity contribution >= 4 is 27.6 Å². The van der Waals surface area contributed by atoms with E-state index in [9.17, 15) is 18.0 Å². The lowest BCUT2D eigenvalue weighted by Crippen LogP contribution is -2.32. The van der Waals surface area contributed by atoms with Gasteiger partial charge in [0, 0.05) is 13.2 Å². The Labute approximate surface area is 186 Å². The molecule has 1 amide bonds. The van der Waals surface area contributed by atoms with Crippen LogP contribution in [0.15, 0.2) is 53.4 Å². The second-order valence-electron chi connectivity index (χ2n) is 7.21. The van der Waals surface area contributed by atoms with E-state index in [1.807, 2.05) is 6.07 Å². The van der Waals surface area contributed by atoms with Gasteiger partial charge in [-0.2, -0.15) is 5.26 Å². The molecule has 2 atom stereocenters. The van der Waals surface area contributed by atoms with E-state index >= 15 is 0 Å². The molecule has 0 bridgehead atoms. The Bertz CT molecular complexity index is 1140.